The number of carbonyl (C=O) groups excluding carboxylic acids is 1. The highest BCUT2D eigenvalue weighted by Gasteiger charge is 2.28. The van der Waals surface area contributed by atoms with Crippen LogP contribution in [0.2, 0.25) is 0 Å². The fourth-order valence-electron chi connectivity index (χ4n) is 3.25. The molecule has 0 aliphatic carbocycles. The van der Waals surface area contributed by atoms with Crippen LogP contribution in [-0.4, -0.2) is 48.9 Å². The Kier molecular flexibility index (Phi) is 4.12. The lowest BCUT2D eigenvalue weighted by molar-refractivity contribution is 0.0710. The summed E-state index contributed by atoms with van der Waals surface area (Å²) >= 11 is 1.42. The third-order valence-electron chi connectivity index (χ3n) is 4.52. The second-order valence-corrected chi connectivity index (χ2v) is 7.53. The molecule has 0 saturated carbocycles. The number of hydrogen-bond acceptors (Lipinski definition) is 5. The first-order chi connectivity index (χ1) is 12.1. The lowest BCUT2D eigenvalue weighted by Gasteiger charge is -2.31. The lowest BCUT2D eigenvalue weighted by Crippen LogP contribution is -2.38. The van der Waals surface area contributed by atoms with E-state index in [1.54, 1.807) is 17.1 Å². The van der Waals surface area contributed by atoms with Crippen LogP contribution >= 0.6 is 11.3 Å². The van der Waals surface area contributed by atoms with Crippen LogP contribution in [0.25, 0.3) is 10.6 Å². The van der Waals surface area contributed by atoms with Gasteiger partial charge in [-0.15, -0.1) is 11.3 Å². The number of nitrogens with one attached hydrogen (secondary N) is 1. The molecule has 4 heterocycles. The fourth-order valence-corrected chi connectivity index (χ4v) is 4.10. The first-order valence-corrected chi connectivity index (χ1v) is 9.18. The predicted octanol–water partition coefficient (Wildman–Crippen LogP) is 2.59. The van der Waals surface area contributed by atoms with E-state index in [-0.39, 0.29) is 5.91 Å². The molecule has 1 N–H and O–H groups in total. The number of aromatic nitrogens is 5. The molecule has 0 spiro atoms. The van der Waals surface area contributed by atoms with Gasteiger partial charge in [0.15, 0.2) is 0 Å². The molecule has 0 radical (unpaired) electrons. The lowest BCUT2D eigenvalue weighted by atomic mass is 9.94. The second kappa shape index (κ2) is 6.44. The van der Waals surface area contributed by atoms with Gasteiger partial charge < -0.3 is 4.90 Å². The van der Waals surface area contributed by atoms with E-state index in [9.17, 15) is 4.79 Å². The molecule has 1 atom stereocenters. The maximum absolute atomic E-state index is 12.9. The number of piperidine rings is 1. The van der Waals surface area contributed by atoms with Gasteiger partial charge in [-0.2, -0.15) is 10.2 Å². The summed E-state index contributed by atoms with van der Waals surface area (Å²) in [6.07, 6.45) is 7.42. The highest BCUT2D eigenvalue weighted by atomic mass is 32.1. The predicted molar refractivity (Wildman–Crippen MR) is 95.5 cm³/mol. The van der Waals surface area contributed by atoms with Crippen LogP contribution in [0.15, 0.2) is 24.7 Å². The van der Waals surface area contributed by atoms with Gasteiger partial charge in [-0.1, -0.05) is 0 Å². The molecule has 1 unspecified atom stereocenters. The van der Waals surface area contributed by atoms with Crippen molar-refractivity contribution in [2.45, 2.75) is 25.7 Å². The summed E-state index contributed by atoms with van der Waals surface area (Å²) in [4.78, 5) is 19.9. The van der Waals surface area contributed by atoms with E-state index in [0.29, 0.717) is 17.3 Å². The molecule has 4 rings (SSSR count). The van der Waals surface area contributed by atoms with Gasteiger partial charge in [-0.25, -0.2) is 4.98 Å². The average Bonchev–Trinajstić information content (AvgIpc) is 3.34. The van der Waals surface area contributed by atoms with Crippen molar-refractivity contribution in [1.29, 1.82) is 0 Å². The van der Waals surface area contributed by atoms with Crippen molar-refractivity contribution in [3.8, 4) is 10.6 Å². The molecular weight excluding hydrogens is 336 g/mol. The van der Waals surface area contributed by atoms with Crippen LogP contribution in [0.1, 0.15) is 39.8 Å². The van der Waals surface area contributed by atoms with E-state index in [4.69, 9.17) is 0 Å². The summed E-state index contributed by atoms with van der Waals surface area (Å²) in [6.45, 7) is 3.50. The van der Waals surface area contributed by atoms with Crippen LogP contribution < -0.4 is 0 Å². The molecule has 1 amide bonds. The van der Waals surface area contributed by atoms with E-state index in [1.807, 2.05) is 25.1 Å². The number of amides is 1. The standard InChI is InChI=1S/C17H20N6OS/c1-11-6-14(21-20-11)12-4-3-5-23(10-12)17(24)15-8-18-16(25-15)13-7-19-22(2)9-13/h6-9,12H,3-5,10H2,1-2H3,(H,20,21). The van der Waals surface area contributed by atoms with Crippen molar-refractivity contribution in [3.05, 3.63) is 40.9 Å². The maximum atomic E-state index is 12.9. The number of hydrogen-bond donors (Lipinski definition) is 1. The summed E-state index contributed by atoms with van der Waals surface area (Å²) in [5, 5.41) is 12.4. The molecule has 1 fully saturated rings. The fraction of sp³-hybridized carbons (Fsp3) is 0.412. The van der Waals surface area contributed by atoms with Crippen molar-refractivity contribution >= 4 is 17.2 Å². The zero-order valence-corrected chi connectivity index (χ0v) is 15.1. The molecule has 0 bridgehead atoms. The van der Waals surface area contributed by atoms with Crippen molar-refractivity contribution in [2.75, 3.05) is 13.1 Å². The summed E-state index contributed by atoms with van der Waals surface area (Å²) in [6, 6.07) is 2.08. The van der Waals surface area contributed by atoms with Crippen LogP contribution in [-0.2, 0) is 7.05 Å². The number of nitrogens with zero attached hydrogens (tertiary/aromatic N) is 5. The van der Waals surface area contributed by atoms with Crippen LogP contribution in [0, 0.1) is 6.92 Å². The van der Waals surface area contributed by atoms with Crippen LogP contribution in [0.5, 0.6) is 0 Å². The van der Waals surface area contributed by atoms with E-state index in [1.165, 1.54) is 11.3 Å². The molecular formula is C17H20N6OS. The molecule has 7 nitrogen and oxygen atoms in total. The number of likely N-dealkylation sites (tertiary alicyclic amines) is 1. The molecule has 1 aliphatic rings. The number of aromatic amines is 1. The highest BCUT2D eigenvalue weighted by Crippen LogP contribution is 2.29. The van der Waals surface area contributed by atoms with E-state index in [0.717, 1.165) is 41.3 Å². The number of H-pyrrole nitrogens is 1. The average molecular weight is 356 g/mol. The smallest absolute Gasteiger partial charge is 0.265 e. The van der Waals surface area contributed by atoms with Crippen LogP contribution in [0.4, 0.5) is 0 Å². The third-order valence-corrected chi connectivity index (χ3v) is 5.56. The van der Waals surface area contributed by atoms with Gasteiger partial charge in [-0.05, 0) is 25.8 Å². The maximum Gasteiger partial charge on any atom is 0.265 e. The molecule has 3 aromatic heterocycles. The number of carbonyl (C=O) groups is 1. The zero-order valence-electron chi connectivity index (χ0n) is 14.3. The zero-order chi connectivity index (χ0) is 17.4. The van der Waals surface area contributed by atoms with Gasteiger partial charge in [-0.3, -0.25) is 14.6 Å². The van der Waals surface area contributed by atoms with E-state index in [2.05, 4.69) is 26.3 Å². The Balaban J connectivity index is 1.49. The molecule has 8 heteroatoms. The first kappa shape index (κ1) is 16.0. The van der Waals surface area contributed by atoms with E-state index < -0.39 is 0 Å². The topological polar surface area (TPSA) is 79.7 Å². The Hall–Kier alpha value is -2.48. The Bertz CT molecular complexity index is 894. The summed E-state index contributed by atoms with van der Waals surface area (Å²) < 4.78 is 1.74. The molecule has 1 saturated heterocycles. The minimum atomic E-state index is 0.0598. The van der Waals surface area contributed by atoms with Crippen LogP contribution in [0.3, 0.4) is 0 Å². The highest BCUT2D eigenvalue weighted by molar-refractivity contribution is 7.16. The largest absolute Gasteiger partial charge is 0.337 e. The molecule has 1 aliphatic heterocycles. The van der Waals surface area contributed by atoms with Crippen molar-refractivity contribution in [2.24, 2.45) is 7.05 Å². The number of thiazole rings is 1. The summed E-state index contributed by atoms with van der Waals surface area (Å²) in [5.74, 6) is 0.359. The van der Waals surface area contributed by atoms with Gasteiger partial charge >= 0.3 is 0 Å². The van der Waals surface area contributed by atoms with Gasteiger partial charge in [0.2, 0.25) is 0 Å². The molecule has 25 heavy (non-hydrogen) atoms. The Morgan fingerprint density at radius 2 is 2.28 bits per heavy atom. The van der Waals surface area contributed by atoms with Gasteiger partial charge in [0.25, 0.3) is 5.91 Å². The monoisotopic (exact) mass is 356 g/mol. The second-order valence-electron chi connectivity index (χ2n) is 6.50. The molecule has 3 aromatic rings. The first-order valence-electron chi connectivity index (χ1n) is 8.36. The van der Waals surface area contributed by atoms with Crippen molar-refractivity contribution in [1.82, 2.24) is 29.9 Å². The summed E-state index contributed by atoms with van der Waals surface area (Å²) in [7, 11) is 1.87. The van der Waals surface area contributed by atoms with Crippen molar-refractivity contribution in [3.63, 3.8) is 0 Å². The Labute approximate surface area is 149 Å². The van der Waals surface area contributed by atoms with Crippen molar-refractivity contribution < 1.29 is 4.79 Å². The summed E-state index contributed by atoms with van der Waals surface area (Å²) in [5.41, 5.74) is 3.05. The minimum absolute atomic E-state index is 0.0598. The quantitative estimate of drug-likeness (QED) is 0.782. The van der Waals surface area contributed by atoms with Gasteiger partial charge in [0.1, 0.15) is 9.88 Å². The molecule has 130 valence electrons. The normalized spacial score (nSPS) is 17.8. The van der Waals surface area contributed by atoms with E-state index >= 15 is 0 Å². The molecule has 0 aromatic carbocycles. The Morgan fingerprint density at radius 3 is 3.00 bits per heavy atom. The number of rotatable bonds is 3. The van der Waals surface area contributed by atoms with Gasteiger partial charge in [0.05, 0.1) is 18.1 Å². The third kappa shape index (κ3) is 3.21. The SMILES string of the molecule is Cc1cc(C2CCCN(C(=O)c3cnc(-c4cnn(C)c4)s3)C2)n[nH]1. The Morgan fingerprint density at radius 1 is 1.40 bits per heavy atom. The minimum Gasteiger partial charge on any atom is -0.337 e. The van der Waals surface area contributed by atoms with Gasteiger partial charge in [0, 0.05) is 43.5 Å². The number of aryl methyl sites for hydroxylation is 2.